The number of carbonyl (C=O) groups is 1. The quantitative estimate of drug-likeness (QED) is 0.547. The van der Waals surface area contributed by atoms with Gasteiger partial charge in [-0.05, 0) is 60.4 Å². The van der Waals surface area contributed by atoms with Crippen molar-refractivity contribution in [3.63, 3.8) is 0 Å². The summed E-state index contributed by atoms with van der Waals surface area (Å²) in [4.78, 5) is 16.9. The number of rotatable bonds is 5. The Balaban J connectivity index is 1.46. The molecule has 1 aliphatic carbocycles. The molecular weight excluding hydrogens is 404 g/mol. The van der Waals surface area contributed by atoms with Gasteiger partial charge < -0.3 is 9.30 Å². The van der Waals surface area contributed by atoms with Crippen LogP contribution < -0.4 is 4.74 Å². The van der Waals surface area contributed by atoms with Crippen LogP contribution in [0.5, 0.6) is 5.75 Å². The third-order valence-corrected chi connectivity index (χ3v) is 5.19. The van der Waals surface area contributed by atoms with E-state index in [-0.39, 0.29) is 5.78 Å². The zero-order chi connectivity index (χ0) is 18.6. The number of Topliss-reactive ketones (excluding diaryl/α,β-unsaturated/α-hetero) is 1. The van der Waals surface area contributed by atoms with E-state index in [9.17, 15) is 4.79 Å². The third-order valence-electron chi connectivity index (χ3n) is 4.66. The zero-order valence-corrected chi connectivity index (χ0v) is 16.4. The lowest BCUT2D eigenvalue weighted by Crippen LogP contribution is -2.14. The first-order chi connectivity index (χ1) is 13.2. The predicted molar refractivity (Wildman–Crippen MR) is 109 cm³/mol. The van der Waals surface area contributed by atoms with E-state index in [0.29, 0.717) is 6.61 Å². The van der Waals surface area contributed by atoms with Gasteiger partial charge in [-0.3, -0.25) is 4.79 Å². The van der Waals surface area contributed by atoms with Gasteiger partial charge in [0.05, 0.1) is 12.9 Å². The van der Waals surface area contributed by atoms with Crippen LogP contribution in [0.4, 0.5) is 0 Å². The molecule has 0 unspecified atom stereocenters. The standard InChI is InChI=1S/C22H19BrN2O2/c23-19-5-1-16(2-6-19)13-18-4-3-17-14-20(7-8-21(17)22(18)26)27-12-11-25-10-9-24-15-25/h1-2,5-10,13-15H,3-4,11-12H2. The number of imidazole rings is 1. The molecule has 0 N–H and O–H groups in total. The van der Waals surface area contributed by atoms with Crippen molar-refractivity contribution in [2.75, 3.05) is 6.61 Å². The van der Waals surface area contributed by atoms with Crippen LogP contribution in [0.25, 0.3) is 6.08 Å². The topological polar surface area (TPSA) is 44.1 Å². The van der Waals surface area contributed by atoms with E-state index in [0.717, 1.165) is 51.9 Å². The second-order valence-corrected chi connectivity index (χ2v) is 7.43. The zero-order valence-electron chi connectivity index (χ0n) is 14.8. The lowest BCUT2D eigenvalue weighted by molar-refractivity contribution is 0.102. The van der Waals surface area contributed by atoms with Crippen LogP contribution in [-0.2, 0) is 13.0 Å². The van der Waals surface area contributed by atoms with Crippen LogP contribution in [-0.4, -0.2) is 21.9 Å². The Morgan fingerprint density at radius 1 is 1.15 bits per heavy atom. The van der Waals surface area contributed by atoms with Crippen LogP contribution in [0, 0.1) is 0 Å². The van der Waals surface area contributed by atoms with E-state index < -0.39 is 0 Å². The Morgan fingerprint density at radius 3 is 2.78 bits per heavy atom. The van der Waals surface area contributed by atoms with Gasteiger partial charge in [-0.2, -0.15) is 0 Å². The van der Waals surface area contributed by atoms with E-state index in [1.54, 1.807) is 12.5 Å². The summed E-state index contributed by atoms with van der Waals surface area (Å²) in [7, 11) is 0. The lowest BCUT2D eigenvalue weighted by Gasteiger charge is -2.19. The van der Waals surface area contributed by atoms with Crippen LogP contribution >= 0.6 is 15.9 Å². The Hall–Kier alpha value is -2.66. The third kappa shape index (κ3) is 4.19. The molecule has 1 heterocycles. The van der Waals surface area contributed by atoms with Gasteiger partial charge in [0.25, 0.3) is 0 Å². The van der Waals surface area contributed by atoms with Crippen LogP contribution in [0.3, 0.4) is 0 Å². The molecule has 27 heavy (non-hydrogen) atoms. The van der Waals surface area contributed by atoms with Crippen molar-refractivity contribution in [1.29, 1.82) is 0 Å². The van der Waals surface area contributed by atoms with Gasteiger partial charge in [-0.25, -0.2) is 4.98 Å². The fourth-order valence-electron chi connectivity index (χ4n) is 3.23. The minimum absolute atomic E-state index is 0.115. The minimum atomic E-state index is 0.115. The van der Waals surface area contributed by atoms with Crippen molar-refractivity contribution in [3.8, 4) is 5.75 Å². The van der Waals surface area contributed by atoms with Gasteiger partial charge in [0.1, 0.15) is 12.4 Å². The maximum absolute atomic E-state index is 12.8. The van der Waals surface area contributed by atoms with Crippen LogP contribution in [0.2, 0.25) is 0 Å². The Labute approximate surface area is 166 Å². The minimum Gasteiger partial charge on any atom is -0.492 e. The van der Waals surface area contributed by atoms with Gasteiger partial charge in [-0.1, -0.05) is 28.1 Å². The number of nitrogens with zero attached hydrogens (tertiary/aromatic N) is 2. The van der Waals surface area contributed by atoms with Crippen molar-refractivity contribution in [2.24, 2.45) is 0 Å². The normalized spacial score (nSPS) is 15.0. The number of ether oxygens (including phenoxy) is 1. The highest BCUT2D eigenvalue weighted by Gasteiger charge is 2.22. The number of aromatic nitrogens is 2. The summed E-state index contributed by atoms with van der Waals surface area (Å²) in [5.74, 6) is 0.922. The largest absolute Gasteiger partial charge is 0.492 e. The number of carbonyl (C=O) groups excluding carboxylic acids is 1. The van der Waals surface area contributed by atoms with E-state index in [4.69, 9.17) is 4.74 Å². The van der Waals surface area contributed by atoms with Crippen molar-refractivity contribution < 1.29 is 9.53 Å². The fraction of sp³-hybridized carbons (Fsp3) is 0.182. The molecule has 4 nitrogen and oxygen atoms in total. The molecule has 0 saturated carbocycles. The number of ketones is 1. The summed E-state index contributed by atoms with van der Waals surface area (Å²) < 4.78 is 8.84. The molecule has 0 amide bonds. The second-order valence-electron chi connectivity index (χ2n) is 6.52. The number of aryl methyl sites for hydroxylation is 1. The summed E-state index contributed by atoms with van der Waals surface area (Å²) in [6, 6.07) is 13.8. The summed E-state index contributed by atoms with van der Waals surface area (Å²) >= 11 is 3.44. The van der Waals surface area contributed by atoms with Crippen molar-refractivity contribution in [1.82, 2.24) is 9.55 Å². The van der Waals surface area contributed by atoms with Crippen molar-refractivity contribution >= 4 is 27.8 Å². The van der Waals surface area contributed by atoms with Gasteiger partial charge in [0.2, 0.25) is 0 Å². The molecule has 1 aliphatic rings. The molecule has 0 spiro atoms. The number of halogens is 1. The Kier molecular flexibility index (Phi) is 5.21. The highest BCUT2D eigenvalue weighted by Crippen LogP contribution is 2.29. The fourth-order valence-corrected chi connectivity index (χ4v) is 3.49. The Morgan fingerprint density at radius 2 is 2.00 bits per heavy atom. The molecule has 0 radical (unpaired) electrons. The number of hydrogen-bond donors (Lipinski definition) is 0. The molecule has 5 heteroatoms. The van der Waals surface area contributed by atoms with Gasteiger partial charge >= 0.3 is 0 Å². The maximum Gasteiger partial charge on any atom is 0.189 e. The van der Waals surface area contributed by atoms with E-state index in [1.165, 1.54) is 0 Å². The maximum atomic E-state index is 12.8. The van der Waals surface area contributed by atoms with E-state index in [2.05, 4.69) is 20.9 Å². The first-order valence-corrected chi connectivity index (χ1v) is 9.71. The average molecular weight is 423 g/mol. The number of hydrogen-bond acceptors (Lipinski definition) is 3. The number of fused-ring (bicyclic) bond motifs is 1. The van der Waals surface area contributed by atoms with Crippen LogP contribution in [0.1, 0.15) is 27.9 Å². The van der Waals surface area contributed by atoms with Crippen molar-refractivity contribution in [2.45, 2.75) is 19.4 Å². The summed E-state index contributed by atoms with van der Waals surface area (Å²) in [5, 5.41) is 0. The molecule has 0 bridgehead atoms. The Bertz CT molecular complexity index is 976. The monoisotopic (exact) mass is 422 g/mol. The molecule has 2 aromatic carbocycles. The molecular formula is C22H19BrN2O2. The van der Waals surface area contributed by atoms with E-state index in [1.807, 2.05) is 59.3 Å². The first-order valence-electron chi connectivity index (χ1n) is 8.91. The molecule has 4 rings (SSSR count). The first kappa shape index (κ1) is 17.7. The van der Waals surface area contributed by atoms with Gasteiger partial charge in [0.15, 0.2) is 5.78 Å². The van der Waals surface area contributed by atoms with Gasteiger partial charge in [0, 0.05) is 28.0 Å². The molecule has 0 aliphatic heterocycles. The van der Waals surface area contributed by atoms with Crippen molar-refractivity contribution in [3.05, 3.63) is 87.9 Å². The average Bonchev–Trinajstić information content (AvgIpc) is 3.19. The lowest BCUT2D eigenvalue weighted by atomic mass is 9.86. The SMILES string of the molecule is O=C1C(=Cc2ccc(Br)cc2)CCc2cc(OCCn3ccnc3)ccc21. The second kappa shape index (κ2) is 7.92. The highest BCUT2D eigenvalue weighted by atomic mass is 79.9. The van der Waals surface area contributed by atoms with Crippen LogP contribution in [0.15, 0.2) is 71.2 Å². The van der Waals surface area contributed by atoms with E-state index >= 15 is 0 Å². The van der Waals surface area contributed by atoms with Gasteiger partial charge in [-0.15, -0.1) is 0 Å². The summed E-state index contributed by atoms with van der Waals surface area (Å²) in [5.41, 5.74) is 3.75. The number of allylic oxidation sites excluding steroid dienone is 1. The summed E-state index contributed by atoms with van der Waals surface area (Å²) in [6.07, 6.45) is 9.03. The molecule has 0 atom stereocenters. The molecule has 0 saturated heterocycles. The summed E-state index contributed by atoms with van der Waals surface area (Å²) in [6.45, 7) is 1.31. The number of benzene rings is 2. The molecule has 1 aromatic heterocycles. The molecule has 0 fully saturated rings. The highest BCUT2D eigenvalue weighted by molar-refractivity contribution is 9.10. The predicted octanol–water partition coefficient (Wildman–Crippen LogP) is 4.94. The molecule has 136 valence electrons. The molecule has 3 aromatic rings. The smallest absolute Gasteiger partial charge is 0.189 e.